The van der Waals surface area contributed by atoms with Crippen molar-refractivity contribution >= 4 is 11.3 Å². The van der Waals surface area contributed by atoms with Gasteiger partial charge in [0.15, 0.2) is 0 Å². The van der Waals surface area contributed by atoms with Crippen LogP contribution in [-0.2, 0) is 0 Å². The Labute approximate surface area is 85.0 Å². The van der Waals surface area contributed by atoms with Gasteiger partial charge in [-0.15, -0.1) is 21.5 Å². The maximum atomic E-state index is 5.60. The fourth-order valence-corrected chi connectivity index (χ4v) is 1.68. The summed E-state index contributed by atoms with van der Waals surface area (Å²) >= 11 is 1.52. The van der Waals surface area contributed by atoms with Gasteiger partial charge in [0, 0.05) is 0 Å². The molecule has 0 saturated heterocycles. The van der Waals surface area contributed by atoms with Gasteiger partial charge in [-0.3, -0.25) is 0 Å². The van der Waals surface area contributed by atoms with E-state index in [0.29, 0.717) is 11.8 Å². The summed E-state index contributed by atoms with van der Waals surface area (Å²) in [5.41, 5.74) is 5.60. The summed E-state index contributed by atoms with van der Waals surface area (Å²) in [7, 11) is 0. The first-order chi connectivity index (χ1) is 6.66. The van der Waals surface area contributed by atoms with Gasteiger partial charge >= 0.3 is 0 Å². The molecule has 0 amide bonds. The van der Waals surface area contributed by atoms with Crippen molar-refractivity contribution in [1.82, 2.24) is 15.2 Å². The summed E-state index contributed by atoms with van der Waals surface area (Å²) in [5.74, 6) is 0.939. The maximum Gasteiger partial charge on any atom is 0.259 e. The molecule has 5 nitrogen and oxygen atoms in total. The lowest BCUT2D eigenvalue weighted by Gasteiger charge is -1.93. The summed E-state index contributed by atoms with van der Waals surface area (Å²) in [6.45, 7) is 3.73. The molecule has 2 aromatic rings. The molecular weight excluding hydrogens is 200 g/mol. The van der Waals surface area contributed by atoms with Crippen LogP contribution >= 0.6 is 11.3 Å². The fourth-order valence-electron chi connectivity index (χ4n) is 0.978. The monoisotopic (exact) mass is 210 g/mol. The van der Waals surface area contributed by atoms with Gasteiger partial charge in [0.25, 0.3) is 5.89 Å². The molecule has 6 heteroatoms. The first kappa shape index (κ1) is 9.29. The molecule has 0 spiro atoms. The van der Waals surface area contributed by atoms with Crippen molar-refractivity contribution in [3.8, 4) is 10.8 Å². The van der Waals surface area contributed by atoms with Crippen LogP contribution in [-0.4, -0.2) is 15.2 Å². The number of hydrogen-bond acceptors (Lipinski definition) is 6. The molecule has 2 rings (SSSR count). The van der Waals surface area contributed by atoms with Crippen LogP contribution in [0, 0.1) is 6.92 Å². The highest BCUT2D eigenvalue weighted by molar-refractivity contribution is 7.14. The summed E-state index contributed by atoms with van der Waals surface area (Å²) in [6, 6.07) is -0.231. The van der Waals surface area contributed by atoms with E-state index >= 15 is 0 Å². The normalized spacial score (nSPS) is 13.1. The number of aromatic nitrogens is 3. The van der Waals surface area contributed by atoms with Gasteiger partial charge < -0.3 is 10.2 Å². The fraction of sp³-hybridized carbons (Fsp3) is 0.375. The van der Waals surface area contributed by atoms with E-state index in [0.717, 1.165) is 9.88 Å². The Morgan fingerprint density at radius 3 is 2.79 bits per heavy atom. The zero-order valence-electron chi connectivity index (χ0n) is 7.89. The second-order valence-electron chi connectivity index (χ2n) is 2.98. The Morgan fingerprint density at radius 2 is 2.29 bits per heavy atom. The highest BCUT2D eigenvalue weighted by atomic mass is 32.1. The molecule has 74 valence electrons. The third-order valence-corrected chi connectivity index (χ3v) is 2.56. The number of rotatable bonds is 2. The van der Waals surface area contributed by atoms with E-state index < -0.39 is 0 Å². The maximum absolute atomic E-state index is 5.60. The average molecular weight is 210 g/mol. The molecule has 0 fully saturated rings. The summed E-state index contributed by atoms with van der Waals surface area (Å²) in [5, 5.41) is 8.71. The minimum Gasteiger partial charge on any atom is -0.418 e. The smallest absolute Gasteiger partial charge is 0.259 e. The molecule has 2 aromatic heterocycles. The number of nitrogens with zero attached hydrogens (tertiary/aromatic N) is 3. The van der Waals surface area contributed by atoms with Gasteiger partial charge in [0.1, 0.15) is 4.88 Å². The van der Waals surface area contributed by atoms with Crippen LogP contribution in [0.1, 0.15) is 23.9 Å². The first-order valence-electron chi connectivity index (χ1n) is 4.18. The van der Waals surface area contributed by atoms with E-state index in [1.165, 1.54) is 11.3 Å². The zero-order chi connectivity index (χ0) is 10.1. The van der Waals surface area contributed by atoms with Crippen molar-refractivity contribution in [2.24, 2.45) is 5.73 Å². The molecule has 0 radical (unpaired) electrons. The summed E-state index contributed by atoms with van der Waals surface area (Å²) < 4.78 is 5.37. The third kappa shape index (κ3) is 1.66. The molecule has 14 heavy (non-hydrogen) atoms. The number of aryl methyl sites for hydroxylation is 1. The molecule has 0 aliphatic heterocycles. The topological polar surface area (TPSA) is 77.8 Å². The predicted octanol–water partition coefficient (Wildman–Crippen LogP) is 1.52. The quantitative estimate of drug-likeness (QED) is 0.813. The van der Waals surface area contributed by atoms with E-state index in [1.807, 2.05) is 6.92 Å². The highest BCUT2D eigenvalue weighted by Gasteiger charge is 2.12. The van der Waals surface area contributed by atoms with Crippen molar-refractivity contribution in [1.29, 1.82) is 0 Å². The summed E-state index contributed by atoms with van der Waals surface area (Å²) in [6.07, 6.45) is 1.72. The molecule has 0 bridgehead atoms. The van der Waals surface area contributed by atoms with Crippen LogP contribution in [0.25, 0.3) is 10.8 Å². The zero-order valence-corrected chi connectivity index (χ0v) is 8.71. The van der Waals surface area contributed by atoms with Crippen LogP contribution in [0.4, 0.5) is 0 Å². The molecule has 1 atom stereocenters. The molecule has 1 unspecified atom stereocenters. The Morgan fingerprint density at radius 1 is 1.50 bits per heavy atom. The second kappa shape index (κ2) is 3.47. The minimum absolute atomic E-state index is 0.231. The van der Waals surface area contributed by atoms with Crippen LogP contribution in [0.3, 0.4) is 0 Å². The van der Waals surface area contributed by atoms with E-state index in [2.05, 4.69) is 15.2 Å². The molecule has 0 aromatic carbocycles. The Hall–Kier alpha value is -1.27. The molecule has 0 saturated carbocycles. The Balaban J connectivity index is 2.33. The second-order valence-corrected chi connectivity index (χ2v) is 4.21. The number of nitrogens with two attached hydrogens (primary N) is 1. The SMILES string of the molecule is Cc1ncc(-c2nnc(C(C)N)o2)s1. The van der Waals surface area contributed by atoms with Gasteiger partial charge in [0.05, 0.1) is 17.2 Å². The lowest BCUT2D eigenvalue weighted by molar-refractivity contribution is 0.474. The number of hydrogen-bond donors (Lipinski definition) is 1. The van der Waals surface area contributed by atoms with Gasteiger partial charge in [0.2, 0.25) is 5.89 Å². The lowest BCUT2D eigenvalue weighted by Crippen LogP contribution is -2.04. The molecule has 2 N–H and O–H groups in total. The predicted molar refractivity (Wildman–Crippen MR) is 52.7 cm³/mol. The Kier molecular flexibility index (Phi) is 2.30. The average Bonchev–Trinajstić information content (AvgIpc) is 2.70. The van der Waals surface area contributed by atoms with E-state index in [-0.39, 0.29) is 6.04 Å². The minimum atomic E-state index is -0.231. The van der Waals surface area contributed by atoms with Crippen molar-refractivity contribution in [3.05, 3.63) is 17.1 Å². The molecule has 0 aliphatic carbocycles. The van der Waals surface area contributed by atoms with Crippen LogP contribution in [0.5, 0.6) is 0 Å². The third-order valence-electron chi connectivity index (χ3n) is 1.66. The van der Waals surface area contributed by atoms with Gasteiger partial charge in [-0.1, -0.05) is 0 Å². The Bertz CT molecular complexity index is 434. The van der Waals surface area contributed by atoms with E-state index in [1.54, 1.807) is 13.1 Å². The lowest BCUT2D eigenvalue weighted by atomic mass is 10.4. The van der Waals surface area contributed by atoms with Crippen LogP contribution in [0.15, 0.2) is 10.6 Å². The highest BCUT2D eigenvalue weighted by Crippen LogP contribution is 2.25. The van der Waals surface area contributed by atoms with Crippen molar-refractivity contribution < 1.29 is 4.42 Å². The summed E-state index contributed by atoms with van der Waals surface area (Å²) in [4.78, 5) is 4.98. The molecular formula is C8H10N4OS. The molecule has 2 heterocycles. The largest absolute Gasteiger partial charge is 0.418 e. The van der Waals surface area contributed by atoms with E-state index in [4.69, 9.17) is 10.2 Å². The number of thiazole rings is 1. The van der Waals surface area contributed by atoms with Crippen LogP contribution in [0.2, 0.25) is 0 Å². The molecule has 0 aliphatic rings. The van der Waals surface area contributed by atoms with Gasteiger partial charge in [-0.25, -0.2) is 4.98 Å². The van der Waals surface area contributed by atoms with Crippen molar-refractivity contribution in [2.45, 2.75) is 19.9 Å². The van der Waals surface area contributed by atoms with Gasteiger partial charge in [-0.2, -0.15) is 0 Å². The van der Waals surface area contributed by atoms with E-state index in [9.17, 15) is 0 Å². The van der Waals surface area contributed by atoms with Crippen LogP contribution < -0.4 is 5.73 Å². The van der Waals surface area contributed by atoms with Gasteiger partial charge in [-0.05, 0) is 13.8 Å². The van der Waals surface area contributed by atoms with Crippen molar-refractivity contribution in [2.75, 3.05) is 0 Å². The van der Waals surface area contributed by atoms with Crippen molar-refractivity contribution in [3.63, 3.8) is 0 Å². The first-order valence-corrected chi connectivity index (χ1v) is 5.00. The standard InChI is InChI=1S/C8H10N4OS/c1-4(9)7-11-12-8(13-7)6-3-10-5(2)14-6/h3-4H,9H2,1-2H3.